The van der Waals surface area contributed by atoms with Gasteiger partial charge in [0.15, 0.2) is 0 Å². The van der Waals surface area contributed by atoms with Crippen LogP contribution in [0.5, 0.6) is 17.4 Å². The molecule has 5 rings (SSSR count). The van der Waals surface area contributed by atoms with Crippen molar-refractivity contribution in [3.63, 3.8) is 0 Å². The predicted octanol–water partition coefficient (Wildman–Crippen LogP) is 5.96. The maximum atomic E-state index is 14.5. The number of aromatic nitrogens is 1. The molecule has 2 aliphatic heterocycles. The third kappa shape index (κ3) is 7.57. The minimum absolute atomic E-state index is 0.0689. The minimum Gasteiger partial charge on any atom is -0.496 e. The summed E-state index contributed by atoms with van der Waals surface area (Å²) in [6, 6.07) is 3.99. The molecule has 3 aliphatic rings. The number of carbonyl (C=O) groups excluding carboxylic acids is 3. The second-order valence-corrected chi connectivity index (χ2v) is 14.5. The Labute approximate surface area is 284 Å². The number of methoxy groups -OCH3 is 2. The van der Waals surface area contributed by atoms with Gasteiger partial charge in [-0.2, -0.15) is 0 Å². The Bertz CT molecular complexity index is 1430. The third-order valence-corrected chi connectivity index (χ3v) is 10.8. The number of amides is 2. The van der Waals surface area contributed by atoms with Gasteiger partial charge in [-0.3, -0.25) is 4.79 Å². The topological polar surface area (TPSA) is 126 Å². The molecule has 0 unspecified atom stereocenters. The highest BCUT2D eigenvalue weighted by Crippen LogP contribution is 2.40. The van der Waals surface area contributed by atoms with Gasteiger partial charge in [0.1, 0.15) is 33.7 Å². The first-order valence-electron chi connectivity index (χ1n) is 16.3. The molecule has 2 fully saturated rings. The lowest BCUT2D eigenvalue weighted by atomic mass is 9.83. The summed E-state index contributed by atoms with van der Waals surface area (Å²) in [6.45, 7) is 6.65. The van der Waals surface area contributed by atoms with E-state index in [1.54, 1.807) is 18.1 Å². The number of alkyl halides is 1. The summed E-state index contributed by atoms with van der Waals surface area (Å²) in [4.78, 5) is 47.2. The molecule has 1 aliphatic carbocycles. The number of alkyl carbamates (subject to hydrolysis) is 1. The van der Waals surface area contributed by atoms with Gasteiger partial charge >= 0.3 is 12.1 Å². The van der Waals surface area contributed by atoms with Crippen molar-refractivity contribution < 1.29 is 38.1 Å². The molecule has 46 heavy (non-hydrogen) atoms. The standard InChI is InChI=1S/C34H46IN3O8/c1-6-44-28-18-26-22-15-21(25(42-4)16-23(22)36-28)13-10-14-34(2,3)19-45-33(41)37-29(20-11-8-7-9-12-20)31(39)38-24(32(40)43-5)17-27(46-26)30(38)35/h15-16,18,20,24,27,29-30H,6-14,17,19H2,1-5H3,(H,37,41)/t24-,27-,29-,30-/m0/s1. The fourth-order valence-electron chi connectivity index (χ4n) is 6.90. The molecule has 4 atom stereocenters. The Morgan fingerprint density at radius 3 is 2.59 bits per heavy atom. The summed E-state index contributed by atoms with van der Waals surface area (Å²) in [5.41, 5.74) is 1.36. The molecule has 1 saturated heterocycles. The molecule has 1 aromatic heterocycles. The third-order valence-electron chi connectivity index (χ3n) is 9.37. The number of carbonyl (C=O) groups is 3. The van der Waals surface area contributed by atoms with Gasteiger partial charge in [0.2, 0.25) is 11.8 Å². The van der Waals surface area contributed by atoms with E-state index in [1.807, 2.05) is 19.1 Å². The van der Waals surface area contributed by atoms with Gasteiger partial charge in [-0.1, -0.05) is 55.7 Å². The van der Waals surface area contributed by atoms with E-state index >= 15 is 0 Å². The quantitative estimate of drug-likeness (QED) is 0.171. The number of halogens is 1. The highest BCUT2D eigenvalue weighted by atomic mass is 127. The number of pyridine rings is 1. The number of ether oxygens (including phenoxy) is 5. The number of fused-ring (bicyclic) bond motifs is 3. The molecule has 4 bridgehead atoms. The van der Waals surface area contributed by atoms with Crippen LogP contribution in [-0.4, -0.2) is 77.5 Å². The van der Waals surface area contributed by atoms with Crippen LogP contribution in [0.3, 0.4) is 0 Å². The first kappa shape index (κ1) is 34.3. The normalized spacial score (nSPS) is 26.0. The minimum atomic E-state index is -0.885. The zero-order valence-corrected chi connectivity index (χ0v) is 29.6. The number of esters is 1. The van der Waals surface area contributed by atoms with Gasteiger partial charge in [-0.15, -0.1) is 0 Å². The second-order valence-electron chi connectivity index (χ2n) is 13.2. The Hall–Kier alpha value is -3.03. The Balaban J connectivity index is 1.60. The lowest BCUT2D eigenvalue weighted by Crippen LogP contribution is -2.56. The average molecular weight is 752 g/mol. The Morgan fingerprint density at radius 2 is 1.89 bits per heavy atom. The molecule has 1 N–H and O–H groups in total. The van der Waals surface area contributed by atoms with E-state index in [-0.39, 0.29) is 30.3 Å². The van der Waals surface area contributed by atoms with Gasteiger partial charge in [0, 0.05) is 23.9 Å². The molecule has 2 amide bonds. The number of nitrogens with one attached hydrogen (secondary N) is 1. The number of rotatable bonds is 5. The number of hydrogen-bond donors (Lipinski definition) is 1. The van der Waals surface area contributed by atoms with Crippen LogP contribution in [0.2, 0.25) is 0 Å². The molecule has 1 saturated carbocycles. The SMILES string of the molecule is CCOc1cc2c3cc(c(OC)cc3n1)CCCC(C)(C)COC(=O)N[C@@H](C1CCCCC1)C(=O)N1[C@H](I)[C@H](C[C@H]1C(=O)OC)O2. The first-order valence-corrected chi connectivity index (χ1v) is 17.6. The summed E-state index contributed by atoms with van der Waals surface area (Å²) in [7, 11) is 2.96. The average Bonchev–Trinajstić information content (AvgIpc) is 3.37. The number of aryl methyl sites for hydroxylation is 1. The molecule has 1 aromatic carbocycles. The maximum absolute atomic E-state index is 14.5. The van der Waals surface area contributed by atoms with Crippen molar-refractivity contribution in [1.29, 1.82) is 0 Å². The number of nitrogens with zero attached hydrogens (tertiary/aromatic N) is 2. The van der Waals surface area contributed by atoms with E-state index in [9.17, 15) is 14.4 Å². The summed E-state index contributed by atoms with van der Waals surface area (Å²) in [6.07, 6.45) is 6.05. The van der Waals surface area contributed by atoms with Crippen molar-refractivity contribution in [3.05, 3.63) is 23.8 Å². The van der Waals surface area contributed by atoms with Gasteiger partial charge in [-0.05, 0) is 62.0 Å². The molecule has 0 radical (unpaired) electrons. The van der Waals surface area contributed by atoms with Crippen LogP contribution in [0.25, 0.3) is 10.9 Å². The van der Waals surface area contributed by atoms with Crippen LogP contribution in [0.15, 0.2) is 18.2 Å². The zero-order chi connectivity index (χ0) is 33.0. The molecule has 3 heterocycles. The van der Waals surface area contributed by atoms with Crippen LogP contribution in [0.4, 0.5) is 4.79 Å². The van der Waals surface area contributed by atoms with Crippen LogP contribution < -0.4 is 19.5 Å². The van der Waals surface area contributed by atoms with Crippen molar-refractivity contribution >= 4 is 51.5 Å². The number of hydrogen-bond acceptors (Lipinski definition) is 9. The lowest BCUT2D eigenvalue weighted by Gasteiger charge is -2.35. The van der Waals surface area contributed by atoms with Crippen LogP contribution >= 0.6 is 22.6 Å². The Morgan fingerprint density at radius 1 is 1.13 bits per heavy atom. The van der Waals surface area contributed by atoms with Gasteiger partial charge in [-0.25, -0.2) is 14.6 Å². The number of benzene rings is 1. The molecule has 12 heteroatoms. The van der Waals surface area contributed by atoms with Crippen molar-refractivity contribution in [1.82, 2.24) is 15.2 Å². The molecule has 11 nitrogen and oxygen atoms in total. The number of cyclic esters (lactones) is 1. The molecule has 252 valence electrons. The summed E-state index contributed by atoms with van der Waals surface area (Å²) in [5, 5.41) is 3.72. The van der Waals surface area contributed by atoms with E-state index in [4.69, 9.17) is 28.7 Å². The van der Waals surface area contributed by atoms with Gasteiger partial charge in [0.25, 0.3) is 0 Å². The highest BCUT2D eigenvalue weighted by molar-refractivity contribution is 14.1. The summed E-state index contributed by atoms with van der Waals surface area (Å²) < 4.78 is 28.7. The second kappa shape index (κ2) is 14.8. The van der Waals surface area contributed by atoms with E-state index in [0.29, 0.717) is 29.5 Å². The fraction of sp³-hybridized carbons (Fsp3) is 0.647. The first-order chi connectivity index (χ1) is 22.0. The lowest BCUT2D eigenvalue weighted by molar-refractivity contribution is -0.152. The van der Waals surface area contributed by atoms with Crippen LogP contribution in [0, 0.1) is 11.3 Å². The van der Waals surface area contributed by atoms with E-state index in [1.165, 1.54) is 7.11 Å². The van der Waals surface area contributed by atoms with E-state index in [2.05, 4.69) is 41.8 Å². The van der Waals surface area contributed by atoms with Crippen LogP contribution in [-0.2, 0) is 25.5 Å². The summed E-state index contributed by atoms with van der Waals surface area (Å²) >= 11 is 2.17. The van der Waals surface area contributed by atoms with Crippen molar-refractivity contribution in [3.8, 4) is 17.4 Å². The zero-order valence-electron chi connectivity index (χ0n) is 27.4. The monoisotopic (exact) mass is 751 g/mol. The smallest absolute Gasteiger partial charge is 0.407 e. The summed E-state index contributed by atoms with van der Waals surface area (Å²) in [5.74, 6) is 0.747. The van der Waals surface area contributed by atoms with E-state index < -0.39 is 34.3 Å². The van der Waals surface area contributed by atoms with Crippen molar-refractivity contribution in [2.75, 3.05) is 27.4 Å². The predicted molar refractivity (Wildman–Crippen MR) is 181 cm³/mol. The van der Waals surface area contributed by atoms with Crippen LogP contribution in [0.1, 0.15) is 77.7 Å². The maximum Gasteiger partial charge on any atom is 0.407 e. The van der Waals surface area contributed by atoms with Crippen molar-refractivity contribution in [2.45, 2.75) is 101 Å². The van der Waals surface area contributed by atoms with Gasteiger partial charge < -0.3 is 33.9 Å². The Kier molecular flexibility index (Phi) is 11.0. The largest absolute Gasteiger partial charge is 0.496 e. The van der Waals surface area contributed by atoms with E-state index in [0.717, 1.165) is 62.3 Å². The van der Waals surface area contributed by atoms with Crippen molar-refractivity contribution in [2.24, 2.45) is 11.3 Å². The molecule has 0 spiro atoms. The molecular weight excluding hydrogens is 705 g/mol. The fourth-order valence-corrected chi connectivity index (χ4v) is 8.01. The molecule has 2 aromatic rings. The molecular formula is C34H46IN3O8. The van der Waals surface area contributed by atoms with Gasteiger partial charge in [0.05, 0.1) is 33.0 Å². The highest BCUT2D eigenvalue weighted by Gasteiger charge is 2.51.